The largest absolute Gasteiger partial charge is 0.495 e. The second-order valence-corrected chi connectivity index (χ2v) is 6.90. The number of anilines is 1. The Morgan fingerprint density at radius 1 is 1.46 bits per heavy atom. The van der Waals surface area contributed by atoms with Gasteiger partial charge in [-0.3, -0.25) is 14.9 Å². The van der Waals surface area contributed by atoms with Crippen LogP contribution in [-0.2, 0) is 11.3 Å². The van der Waals surface area contributed by atoms with Gasteiger partial charge in [-0.15, -0.1) is 5.10 Å². The van der Waals surface area contributed by atoms with Crippen molar-refractivity contribution in [3.63, 3.8) is 0 Å². The smallest absolute Gasteiger partial charge is 0.271 e. The van der Waals surface area contributed by atoms with Crippen molar-refractivity contribution in [2.24, 2.45) is 0 Å². The van der Waals surface area contributed by atoms with Crippen LogP contribution < -0.4 is 10.1 Å². The molecule has 0 radical (unpaired) electrons. The first kappa shape index (κ1) is 19.4. The van der Waals surface area contributed by atoms with Crippen LogP contribution in [-0.4, -0.2) is 43.4 Å². The van der Waals surface area contributed by atoms with Gasteiger partial charge in [0.25, 0.3) is 5.69 Å². The average Bonchev–Trinajstić information content (AvgIpc) is 3.34. The van der Waals surface area contributed by atoms with E-state index >= 15 is 0 Å². The van der Waals surface area contributed by atoms with Gasteiger partial charge in [-0.1, -0.05) is 11.8 Å². The van der Waals surface area contributed by atoms with Gasteiger partial charge in [0.05, 0.1) is 29.2 Å². The molecule has 2 heterocycles. The number of thioether (sulfide) groups is 1. The van der Waals surface area contributed by atoms with Gasteiger partial charge in [-0.2, -0.15) is 0 Å². The van der Waals surface area contributed by atoms with Crippen molar-refractivity contribution in [1.82, 2.24) is 20.2 Å². The number of nitro benzene ring substituents is 1. The summed E-state index contributed by atoms with van der Waals surface area (Å²) in [5.74, 6) is 0.614. The molecule has 1 N–H and O–H groups in total. The Balaban J connectivity index is 1.70. The Morgan fingerprint density at radius 2 is 2.29 bits per heavy atom. The topological polar surface area (TPSA) is 138 Å². The molecule has 0 saturated carbocycles. The third kappa shape index (κ3) is 4.46. The average molecular weight is 404 g/mol. The van der Waals surface area contributed by atoms with Crippen LogP contribution in [0.4, 0.5) is 11.4 Å². The maximum absolute atomic E-state index is 12.6. The molecular formula is C16H16N6O5S. The van der Waals surface area contributed by atoms with Crippen LogP contribution >= 0.6 is 11.8 Å². The Hall–Kier alpha value is -3.41. The number of rotatable bonds is 8. The highest BCUT2D eigenvalue weighted by Gasteiger charge is 2.21. The van der Waals surface area contributed by atoms with Crippen LogP contribution in [0.5, 0.6) is 5.75 Å². The standard InChI is InChI=1S/C16H16N6O5S/c1-10(28-16-18-19-20-21(16)9-12-4-3-7-27-12)15(23)17-13-8-11(22(24)25)5-6-14(13)26-2/h3-8,10H,9H2,1-2H3,(H,17,23). The van der Waals surface area contributed by atoms with Crippen LogP contribution in [0, 0.1) is 10.1 Å². The third-order valence-electron chi connectivity index (χ3n) is 3.69. The maximum atomic E-state index is 12.6. The summed E-state index contributed by atoms with van der Waals surface area (Å²) < 4.78 is 11.9. The van der Waals surface area contributed by atoms with E-state index in [1.807, 2.05) is 0 Å². The van der Waals surface area contributed by atoms with Crippen LogP contribution in [0.3, 0.4) is 0 Å². The van der Waals surface area contributed by atoms with Crippen molar-refractivity contribution in [2.45, 2.75) is 23.9 Å². The van der Waals surface area contributed by atoms with Gasteiger partial charge in [0, 0.05) is 12.1 Å². The predicted octanol–water partition coefficient (Wildman–Crippen LogP) is 2.35. The highest BCUT2D eigenvalue weighted by molar-refractivity contribution is 8.00. The quantitative estimate of drug-likeness (QED) is 0.340. The predicted molar refractivity (Wildman–Crippen MR) is 99.2 cm³/mol. The number of aromatic nitrogens is 4. The molecule has 0 aliphatic heterocycles. The highest BCUT2D eigenvalue weighted by atomic mass is 32.2. The molecule has 0 aliphatic carbocycles. The summed E-state index contributed by atoms with van der Waals surface area (Å²) in [5, 5.41) is 24.9. The zero-order valence-electron chi connectivity index (χ0n) is 14.9. The first-order valence-corrected chi connectivity index (χ1v) is 8.94. The number of hydrogen-bond acceptors (Lipinski definition) is 9. The molecule has 146 valence electrons. The Labute approximate surface area is 163 Å². The number of amides is 1. The van der Waals surface area contributed by atoms with E-state index in [0.29, 0.717) is 23.2 Å². The Bertz CT molecular complexity index is 974. The lowest BCUT2D eigenvalue weighted by Crippen LogP contribution is -2.23. The fourth-order valence-electron chi connectivity index (χ4n) is 2.28. The lowest BCUT2D eigenvalue weighted by atomic mass is 10.2. The van der Waals surface area contributed by atoms with E-state index in [1.54, 1.807) is 25.3 Å². The summed E-state index contributed by atoms with van der Waals surface area (Å²) in [5.41, 5.74) is 0.0584. The van der Waals surface area contributed by atoms with E-state index in [-0.39, 0.29) is 17.3 Å². The van der Waals surface area contributed by atoms with Crippen molar-refractivity contribution >= 4 is 29.0 Å². The first-order valence-electron chi connectivity index (χ1n) is 8.06. The number of nitrogens with one attached hydrogen (secondary N) is 1. The van der Waals surface area contributed by atoms with Gasteiger partial charge >= 0.3 is 0 Å². The molecule has 3 aromatic rings. The van der Waals surface area contributed by atoms with E-state index in [4.69, 9.17) is 9.15 Å². The molecule has 1 unspecified atom stereocenters. The number of benzene rings is 1. The molecule has 1 atom stereocenters. The number of ether oxygens (including phenoxy) is 1. The summed E-state index contributed by atoms with van der Waals surface area (Å²) in [4.78, 5) is 23.0. The number of nitro groups is 1. The minimum Gasteiger partial charge on any atom is -0.495 e. The van der Waals surface area contributed by atoms with E-state index in [1.165, 1.54) is 30.0 Å². The maximum Gasteiger partial charge on any atom is 0.271 e. The number of nitrogens with zero attached hydrogens (tertiary/aromatic N) is 5. The Morgan fingerprint density at radius 3 is 2.96 bits per heavy atom. The van der Waals surface area contributed by atoms with E-state index in [2.05, 4.69) is 20.8 Å². The number of carbonyl (C=O) groups is 1. The zero-order valence-corrected chi connectivity index (χ0v) is 15.8. The molecule has 1 amide bonds. The van der Waals surface area contributed by atoms with Gasteiger partial charge in [0.1, 0.15) is 18.1 Å². The normalized spacial score (nSPS) is 11.8. The minimum atomic E-state index is -0.578. The summed E-state index contributed by atoms with van der Waals surface area (Å²) in [6.45, 7) is 2.01. The zero-order chi connectivity index (χ0) is 20.1. The molecule has 3 rings (SSSR count). The van der Waals surface area contributed by atoms with Crippen molar-refractivity contribution in [1.29, 1.82) is 0 Å². The van der Waals surface area contributed by atoms with E-state index < -0.39 is 10.2 Å². The van der Waals surface area contributed by atoms with Crippen LogP contribution in [0.15, 0.2) is 46.2 Å². The fourth-order valence-corrected chi connectivity index (χ4v) is 3.07. The van der Waals surface area contributed by atoms with Crippen molar-refractivity contribution in [2.75, 3.05) is 12.4 Å². The summed E-state index contributed by atoms with van der Waals surface area (Å²) in [6, 6.07) is 7.52. The number of non-ortho nitro benzene ring substituents is 1. The lowest BCUT2D eigenvalue weighted by Gasteiger charge is -2.13. The molecule has 12 heteroatoms. The van der Waals surface area contributed by atoms with Crippen molar-refractivity contribution in [3.8, 4) is 5.75 Å². The number of methoxy groups -OCH3 is 1. The summed E-state index contributed by atoms with van der Waals surface area (Å²) in [6.07, 6.45) is 1.55. The highest BCUT2D eigenvalue weighted by Crippen LogP contribution is 2.30. The molecule has 0 spiro atoms. The van der Waals surface area contributed by atoms with Gasteiger partial charge in [-0.25, -0.2) is 4.68 Å². The second kappa shape index (κ2) is 8.52. The monoisotopic (exact) mass is 404 g/mol. The molecule has 0 aliphatic rings. The SMILES string of the molecule is COc1ccc([N+](=O)[O-])cc1NC(=O)C(C)Sc1nnnn1Cc1ccco1. The molecule has 11 nitrogen and oxygen atoms in total. The fraction of sp³-hybridized carbons (Fsp3) is 0.250. The number of furan rings is 1. The molecule has 0 bridgehead atoms. The van der Waals surface area contributed by atoms with Gasteiger partial charge < -0.3 is 14.5 Å². The summed E-state index contributed by atoms with van der Waals surface area (Å²) in [7, 11) is 1.41. The second-order valence-electron chi connectivity index (χ2n) is 5.59. The number of carbonyl (C=O) groups excluding carboxylic acids is 1. The van der Waals surface area contributed by atoms with E-state index in [9.17, 15) is 14.9 Å². The molecule has 28 heavy (non-hydrogen) atoms. The van der Waals surface area contributed by atoms with Crippen LogP contribution in [0.1, 0.15) is 12.7 Å². The van der Waals surface area contributed by atoms with E-state index in [0.717, 1.165) is 11.8 Å². The van der Waals surface area contributed by atoms with Crippen LogP contribution in [0.25, 0.3) is 0 Å². The Kier molecular flexibility index (Phi) is 5.89. The minimum absolute atomic E-state index is 0.154. The first-order chi connectivity index (χ1) is 13.5. The molecule has 1 aromatic carbocycles. The van der Waals surface area contributed by atoms with Gasteiger partial charge in [0.2, 0.25) is 11.1 Å². The lowest BCUT2D eigenvalue weighted by molar-refractivity contribution is -0.384. The molecule has 0 saturated heterocycles. The van der Waals surface area contributed by atoms with Crippen molar-refractivity contribution < 1.29 is 18.9 Å². The molecule has 2 aromatic heterocycles. The van der Waals surface area contributed by atoms with Crippen LogP contribution in [0.2, 0.25) is 0 Å². The number of hydrogen-bond donors (Lipinski definition) is 1. The molecular weight excluding hydrogens is 388 g/mol. The molecule has 0 fully saturated rings. The number of tetrazole rings is 1. The van der Waals surface area contributed by atoms with Crippen molar-refractivity contribution in [3.05, 3.63) is 52.5 Å². The summed E-state index contributed by atoms with van der Waals surface area (Å²) >= 11 is 1.15. The van der Waals surface area contributed by atoms with Gasteiger partial charge in [-0.05, 0) is 35.5 Å². The third-order valence-corrected chi connectivity index (χ3v) is 4.76. The van der Waals surface area contributed by atoms with Gasteiger partial charge in [0.15, 0.2) is 0 Å².